The normalized spacial score (nSPS) is 23.2. The van der Waals surface area contributed by atoms with Crippen molar-refractivity contribution in [2.24, 2.45) is 11.8 Å². The van der Waals surface area contributed by atoms with E-state index in [1.807, 2.05) is 20.8 Å². The van der Waals surface area contributed by atoms with Gasteiger partial charge >= 0.3 is 0 Å². The van der Waals surface area contributed by atoms with Crippen molar-refractivity contribution in [3.63, 3.8) is 0 Å². The average Bonchev–Trinajstić information content (AvgIpc) is 2.63. The van der Waals surface area contributed by atoms with Crippen molar-refractivity contribution in [1.29, 1.82) is 0 Å². The second kappa shape index (κ2) is 11.2. The molecule has 0 radical (unpaired) electrons. The Morgan fingerprint density at radius 3 is 2.04 bits per heavy atom. The van der Waals surface area contributed by atoms with Crippen molar-refractivity contribution < 1.29 is 4.79 Å². The summed E-state index contributed by atoms with van der Waals surface area (Å²) in [5, 5.41) is 0. The van der Waals surface area contributed by atoms with Crippen LogP contribution >= 0.6 is 0 Å². The van der Waals surface area contributed by atoms with Gasteiger partial charge in [0.15, 0.2) is 0 Å². The molecule has 0 saturated carbocycles. The molecule has 0 aliphatic carbocycles. The van der Waals surface area contributed by atoms with Gasteiger partial charge in [-0.3, -0.25) is 4.79 Å². The van der Waals surface area contributed by atoms with Crippen molar-refractivity contribution in [1.82, 2.24) is 9.80 Å². The van der Waals surface area contributed by atoms with Crippen LogP contribution in [0.5, 0.6) is 0 Å². The van der Waals surface area contributed by atoms with Gasteiger partial charge in [0.2, 0.25) is 0 Å². The van der Waals surface area contributed by atoms with Crippen molar-refractivity contribution in [3.05, 3.63) is 0 Å². The zero-order chi connectivity index (χ0) is 17.2. The van der Waals surface area contributed by atoms with Gasteiger partial charge < -0.3 is 9.80 Å². The van der Waals surface area contributed by atoms with Crippen LogP contribution < -0.4 is 0 Å². The Bertz CT molecular complexity index is 316. The molecule has 2 fully saturated rings. The van der Waals surface area contributed by atoms with Crippen LogP contribution in [0, 0.1) is 11.8 Å². The quantitative estimate of drug-likeness (QED) is 0.731. The molecule has 136 valence electrons. The first-order valence-electron chi connectivity index (χ1n) is 10.1. The van der Waals surface area contributed by atoms with Gasteiger partial charge in [-0.2, -0.15) is 0 Å². The van der Waals surface area contributed by atoms with Crippen LogP contribution in [0.25, 0.3) is 0 Å². The number of piperidine rings is 2. The highest BCUT2D eigenvalue weighted by Crippen LogP contribution is 2.24. The number of likely N-dealkylation sites (tertiary alicyclic amines) is 2. The van der Waals surface area contributed by atoms with Crippen LogP contribution in [0.4, 0.5) is 0 Å². The van der Waals surface area contributed by atoms with Crippen molar-refractivity contribution in [2.75, 3.05) is 32.7 Å². The molecule has 2 rings (SSSR count). The molecule has 2 aliphatic rings. The summed E-state index contributed by atoms with van der Waals surface area (Å²) in [5.74, 6) is 1.72. The predicted octanol–water partition coefficient (Wildman–Crippen LogP) is 4.21. The number of Topliss-reactive ketones (excluding diaryl/α,β-unsaturated/α-hetero) is 1. The van der Waals surface area contributed by atoms with E-state index in [1.54, 1.807) is 0 Å². The highest BCUT2D eigenvalue weighted by Gasteiger charge is 2.27. The second-order valence-corrected chi connectivity index (χ2v) is 7.13. The number of rotatable bonds is 6. The molecule has 23 heavy (non-hydrogen) atoms. The number of hydrogen-bond acceptors (Lipinski definition) is 3. The summed E-state index contributed by atoms with van der Waals surface area (Å²) >= 11 is 0. The fourth-order valence-corrected chi connectivity index (χ4v) is 3.93. The van der Waals surface area contributed by atoms with Gasteiger partial charge in [0.05, 0.1) is 0 Å². The van der Waals surface area contributed by atoms with Gasteiger partial charge in [0.25, 0.3) is 0 Å². The second-order valence-electron chi connectivity index (χ2n) is 7.13. The molecule has 3 nitrogen and oxygen atoms in total. The van der Waals surface area contributed by atoms with Crippen LogP contribution in [0.15, 0.2) is 0 Å². The standard InChI is InChI=1S/C18H34N2O.C2H6/c1-4-15(3)20-12-6-16(7-13-20)14-19-10-8-17(9-11-19)18(21)5-2;1-2/h15-17H,4-14H2,1-3H3;1-2H3. The van der Waals surface area contributed by atoms with E-state index < -0.39 is 0 Å². The van der Waals surface area contributed by atoms with Gasteiger partial charge in [0, 0.05) is 24.9 Å². The molecule has 2 aliphatic heterocycles. The molecule has 1 atom stereocenters. The third-order valence-electron chi connectivity index (χ3n) is 5.77. The SMILES string of the molecule is CC.CCC(=O)C1CCN(CC2CCN(C(C)CC)CC2)CC1. The minimum absolute atomic E-state index is 0.360. The first-order chi connectivity index (χ1) is 11.1. The third-order valence-corrected chi connectivity index (χ3v) is 5.77. The smallest absolute Gasteiger partial charge is 0.135 e. The fourth-order valence-electron chi connectivity index (χ4n) is 3.93. The topological polar surface area (TPSA) is 23.6 Å². The maximum atomic E-state index is 11.8. The number of nitrogens with zero attached hydrogens (tertiary/aromatic N) is 2. The number of hydrogen-bond donors (Lipinski definition) is 0. The van der Waals surface area contributed by atoms with E-state index in [1.165, 1.54) is 38.9 Å². The number of ketones is 1. The van der Waals surface area contributed by atoms with E-state index in [0.29, 0.717) is 11.7 Å². The van der Waals surface area contributed by atoms with E-state index in [0.717, 1.165) is 44.3 Å². The van der Waals surface area contributed by atoms with Crippen LogP contribution in [-0.4, -0.2) is 54.3 Å². The summed E-state index contributed by atoms with van der Waals surface area (Å²) in [6, 6.07) is 0.752. The molecule has 0 aromatic rings. The highest BCUT2D eigenvalue weighted by atomic mass is 16.1. The molecular weight excluding hydrogens is 284 g/mol. The largest absolute Gasteiger partial charge is 0.303 e. The van der Waals surface area contributed by atoms with Crippen molar-refractivity contribution >= 4 is 5.78 Å². The Labute approximate surface area is 144 Å². The molecule has 0 N–H and O–H groups in total. The van der Waals surface area contributed by atoms with Crippen LogP contribution in [0.1, 0.15) is 73.1 Å². The minimum Gasteiger partial charge on any atom is -0.303 e. The summed E-state index contributed by atoms with van der Waals surface area (Å²) in [5.41, 5.74) is 0. The zero-order valence-corrected chi connectivity index (χ0v) is 16.3. The van der Waals surface area contributed by atoms with Crippen molar-refractivity contribution in [2.45, 2.75) is 79.2 Å². The lowest BCUT2D eigenvalue weighted by Crippen LogP contribution is -2.44. The van der Waals surface area contributed by atoms with E-state index in [2.05, 4.69) is 23.6 Å². The maximum absolute atomic E-state index is 11.8. The zero-order valence-electron chi connectivity index (χ0n) is 16.3. The first kappa shape index (κ1) is 20.6. The molecule has 2 heterocycles. The predicted molar refractivity (Wildman–Crippen MR) is 99.9 cm³/mol. The summed E-state index contributed by atoms with van der Waals surface area (Å²) in [7, 11) is 0. The number of carbonyl (C=O) groups excluding carboxylic acids is 1. The fraction of sp³-hybridized carbons (Fsp3) is 0.950. The highest BCUT2D eigenvalue weighted by molar-refractivity contribution is 5.80. The van der Waals surface area contributed by atoms with Gasteiger partial charge in [-0.25, -0.2) is 0 Å². The molecule has 1 unspecified atom stereocenters. The molecule has 3 heteroatoms. The molecule has 0 amide bonds. The Hall–Kier alpha value is -0.410. The molecule has 0 aromatic heterocycles. The van der Waals surface area contributed by atoms with Crippen LogP contribution in [0.3, 0.4) is 0 Å². The van der Waals surface area contributed by atoms with Gasteiger partial charge in [0.1, 0.15) is 5.78 Å². The molecule has 0 aromatic carbocycles. The summed E-state index contributed by atoms with van der Waals surface area (Å²) in [6.45, 7) is 16.8. The summed E-state index contributed by atoms with van der Waals surface area (Å²) < 4.78 is 0. The third kappa shape index (κ3) is 6.54. The lowest BCUT2D eigenvalue weighted by molar-refractivity contribution is -0.124. The first-order valence-corrected chi connectivity index (χ1v) is 10.1. The maximum Gasteiger partial charge on any atom is 0.135 e. The van der Waals surface area contributed by atoms with Crippen LogP contribution in [0.2, 0.25) is 0 Å². The Morgan fingerprint density at radius 2 is 1.57 bits per heavy atom. The number of carbonyl (C=O) groups is 1. The summed E-state index contributed by atoms with van der Waals surface area (Å²) in [6.07, 6.45) is 6.90. The molecule has 2 saturated heterocycles. The lowest BCUT2D eigenvalue weighted by Gasteiger charge is -2.39. The lowest BCUT2D eigenvalue weighted by atomic mass is 9.89. The average molecular weight is 325 g/mol. The Kier molecular flexibility index (Phi) is 10.0. The van der Waals surface area contributed by atoms with E-state index in [9.17, 15) is 4.79 Å². The Balaban J connectivity index is 0.00000127. The van der Waals surface area contributed by atoms with E-state index >= 15 is 0 Å². The molecular formula is C20H40N2O. The molecule has 0 bridgehead atoms. The minimum atomic E-state index is 0.360. The summed E-state index contributed by atoms with van der Waals surface area (Å²) in [4.78, 5) is 17.0. The van der Waals surface area contributed by atoms with E-state index in [-0.39, 0.29) is 0 Å². The van der Waals surface area contributed by atoms with Gasteiger partial charge in [-0.1, -0.05) is 27.7 Å². The monoisotopic (exact) mass is 324 g/mol. The van der Waals surface area contributed by atoms with Crippen LogP contribution in [-0.2, 0) is 4.79 Å². The van der Waals surface area contributed by atoms with E-state index in [4.69, 9.17) is 0 Å². The van der Waals surface area contributed by atoms with Gasteiger partial charge in [-0.05, 0) is 71.1 Å². The molecule has 0 spiro atoms. The Morgan fingerprint density at radius 1 is 1.00 bits per heavy atom. The van der Waals surface area contributed by atoms with Gasteiger partial charge in [-0.15, -0.1) is 0 Å². The van der Waals surface area contributed by atoms with Crippen molar-refractivity contribution in [3.8, 4) is 0 Å².